The average molecular weight is 210 g/mol. The van der Waals surface area contributed by atoms with E-state index in [-0.39, 0.29) is 5.60 Å². The molecule has 0 atom stereocenters. The Morgan fingerprint density at radius 2 is 2.13 bits per heavy atom. The summed E-state index contributed by atoms with van der Waals surface area (Å²) in [5.41, 5.74) is 5.99. The highest BCUT2D eigenvalue weighted by Crippen LogP contribution is 2.14. The Morgan fingerprint density at radius 1 is 1.40 bits per heavy atom. The SMILES string of the molecule is COC(C)(C)CCOc1ccc(N)cn1. The highest BCUT2D eigenvalue weighted by molar-refractivity contribution is 5.35. The van der Waals surface area contributed by atoms with Crippen molar-refractivity contribution in [3.05, 3.63) is 18.3 Å². The van der Waals surface area contributed by atoms with E-state index in [9.17, 15) is 0 Å². The first-order chi connectivity index (χ1) is 7.03. The van der Waals surface area contributed by atoms with Crippen molar-refractivity contribution in [1.29, 1.82) is 0 Å². The van der Waals surface area contributed by atoms with Crippen molar-refractivity contribution < 1.29 is 9.47 Å². The second-order valence-electron chi connectivity index (χ2n) is 3.99. The number of hydrogen-bond acceptors (Lipinski definition) is 4. The number of methoxy groups -OCH3 is 1. The van der Waals surface area contributed by atoms with Gasteiger partial charge in [-0.3, -0.25) is 0 Å². The minimum Gasteiger partial charge on any atom is -0.478 e. The summed E-state index contributed by atoms with van der Waals surface area (Å²) in [6.07, 6.45) is 2.40. The number of anilines is 1. The number of hydrogen-bond donors (Lipinski definition) is 1. The Labute approximate surface area is 90.4 Å². The van der Waals surface area contributed by atoms with Crippen LogP contribution in [0, 0.1) is 0 Å². The maximum absolute atomic E-state index is 5.51. The molecule has 0 aliphatic heterocycles. The van der Waals surface area contributed by atoms with Gasteiger partial charge in [-0.05, 0) is 19.9 Å². The minimum absolute atomic E-state index is 0.159. The molecule has 0 fully saturated rings. The molecule has 0 aromatic carbocycles. The lowest BCUT2D eigenvalue weighted by molar-refractivity contribution is 0.00509. The average Bonchev–Trinajstić information content (AvgIpc) is 2.21. The van der Waals surface area contributed by atoms with E-state index < -0.39 is 0 Å². The lowest BCUT2D eigenvalue weighted by atomic mass is 10.1. The van der Waals surface area contributed by atoms with Gasteiger partial charge in [0.05, 0.1) is 24.1 Å². The number of nitrogens with two attached hydrogens (primary N) is 1. The van der Waals surface area contributed by atoms with E-state index in [1.54, 1.807) is 25.4 Å². The molecule has 4 nitrogen and oxygen atoms in total. The van der Waals surface area contributed by atoms with Crippen LogP contribution in [0.25, 0.3) is 0 Å². The molecule has 1 rings (SSSR count). The van der Waals surface area contributed by atoms with Crippen LogP contribution in [0.4, 0.5) is 5.69 Å². The molecule has 0 aliphatic carbocycles. The van der Waals surface area contributed by atoms with Gasteiger partial charge in [0.25, 0.3) is 0 Å². The molecule has 0 saturated heterocycles. The van der Waals surface area contributed by atoms with Gasteiger partial charge in [0, 0.05) is 19.6 Å². The summed E-state index contributed by atoms with van der Waals surface area (Å²) in [6, 6.07) is 3.53. The first-order valence-corrected chi connectivity index (χ1v) is 4.93. The van der Waals surface area contributed by atoms with Gasteiger partial charge in [0.15, 0.2) is 0 Å². The summed E-state index contributed by atoms with van der Waals surface area (Å²) in [4.78, 5) is 4.04. The maximum atomic E-state index is 5.51. The van der Waals surface area contributed by atoms with Gasteiger partial charge < -0.3 is 15.2 Å². The summed E-state index contributed by atoms with van der Waals surface area (Å²) >= 11 is 0. The number of rotatable bonds is 5. The lowest BCUT2D eigenvalue weighted by Crippen LogP contribution is -2.25. The molecule has 15 heavy (non-hydrogen) atoms. The Balaban J connectivity index is 2.35. The fourth-order valence-electron chi connectivity index (χ4n) is 0.981. The molecular weight excluding hydrogens is 192 g/mol. The van der Waals surface area contributed by atoms with Crippen molar-refractivity contribution >= 4 is 5.69 Å². The number of nitrogens with zero attached hydrogens (tertiary/aromatic N) is 1. The third-order valence-corrected chi connectivity index (χ3v) is 2.27. The van der Waals surface area contributed by atoms with Gasteiger partial charge >= 0.3 is 0 Å². The first-order valence-electron chi connectivity index (χ1n) is 4.93. The Morgan fingerprint density at radius 3 is 2.67 bits per heavy atom. The van der Waals surface area contributed by atoms with Crippen LogP contribution in [0.15, 0.2) is 18.3 Å². The van der Waals surface area contributed by atoms with Crippen molar-refractivity contribution in [1.82, 2.24) is 4.98 Å². The predicted octanol–water partition coefficient (Wildman–Crippen LogP) is 1.86. The molecule has 1 aromatic rings. The molecule has 1 heterocycles. The van der Waals surface area contributed by atoms with E-state index in [2.05, 4.69) is 4.98 Å². The van der Waals surface area contributed by atoms with E-state index in [0.29, 0.717) is 18.2 Å². The van der Waals surface area contributed by atoms with Crippen molar-refractivity contribution in [2.24, 2.45) is 0 Å². The molecule has 0 saturated carbocycles. The van der Waals surface area contributed by atoms with Crippen molar-refractivity contribution in [3.63, 3.8) is 0 Å². The normalized spacial score (nSPS) is 11.4. The maximum Gasteiger partial charge on any atom is 0.213 e. The van der Waals surface area contributed by atoms with Crippen LogP contribution in [0.3, 0.4) is 0 Å². The van der Waals surface area contributed by atoms with Gasteiger partial charge in [-0.15, -0.1) is 0 Å². The lowest BCUT2D eigenvalue weighted by Gasteiger charge is -2.22. The molecular formula is C11H18N2O2. The summed E-state index contributed by atoms with van der Waals surface area (Å²) in [5, 5.41) is 0. The van der Waals surface area contributed by atoms with Crippen LogP contribution >= 0.6 is 0 Å². The molecule has 0 aliphatic rings. The molecule has 2 N–H and O–H groups in total. The van der Waals surface area contributed by atoms with E-state index in [0.717, 1.165) is 6.42 Å². The molecule has 0 radical (unpaired) electrons. The number of pyridine rings is 1. The van der Waals surface area contributed by atoms with Crippen molar-refractivity contribution in [2.75, 3.05) is 19.5 Å². The van der Waals surface area contributed by atoms with Gasteiger partial charge in [-0.25, -0.2) is 4.98 Å². The second-order valence-corrected chi connectivity index (χ2v) is 3.99. The highest BCUT2D eigenvalue weighted by Gasteiger charge is 2.15. The third-order valence-electron chi connectivity index (χ3n) is 2.27. The van der Waals surface area contributed by atoms with Crippen molar-refractivity contribution in [2.45, 2.75) is 25.9 Å². The number of ether oxygens (including phenoxy) is 2. The van der Waals surface area contributed by atoms with E-state index in [1.165, 1.54) is 0 Å². The fourth-order valence-corrected chi connectivity index (χ4v) is 0.981. The topological polar surface area (TPSA) is 57.4 Å². The second kappa shape index (κ2) is 4.98. The summed E-state index contributed by atoms with van der Waals surface area (Å²) in [5.74, 6) is 0.594. The van der Waals surface area contributed by atoms with E-state index >= 15 is 0 Å². The molecule has 1 aromatic heterocycles. The summed E-state index contributed by atoms with van der Waals surface area (Å²) in [7, 11) is 1.70. The van der Waals surface area contributed by atoms with Gasteiger partial charge in [0.2, 0.25) is 5.88 Å². The quantitative estimate of drug-likeness (QED) is 0.805. The van der Waals surface area contributed by atoms with Gasteiger partial charge in [-0.1, -0.05) is 0 Å². The van der Waals surface area contributed by atoms with Crippen LogP contribution < -0.4 is 10.5 Å². The van der Waals surface area contributed by atoms with E-state index in [1.807, 2.05) is 13.8 Å². The zero-order valence-corrected chi connectivity index (χ0v) is 9.49. The van der Waals surface area contributed by atoms with Crippen LogP contribution in [0.1, 0.15) is 20.3 Å². The molecule has 4 heteroatoms. The first kappa shape index (κ1) is 11.8. The fraction of sp³-hybridized carbons (Fsp3) is 0.545. The standard InChI is InChI=1S/C11H18N2O2/c1-11(2,14-3)6-7-15-10-5-4-9(12)8-13-10/h4-5,8H,6-7,12H2,1-3H3. The van der Waals surface area contributed by atoms with E-state index in [4.69, 9.17) is 15.2 Å². The monoisotopic (exact) mass is 210 g/mol. The van der Waals surface area contributed by atoms with Crippen LogP contribution in [-0.4, -0.2) is 24.3 Å². The molecule has 0 bridgehead atoms. The summed E-state index contributed by atoms with van der Waals surface area (Å²) in [6.45, 7) is 4.62. The smallest absolute Gasteiger partial charge is 0.213 e. The Kier molecular flexibility index (Phi) is 3.91. The zero-order valence-electron chi connectivity index (χ0n) is 9.49. The van der Waals surface area contributed by atoms with Gasteiger partial charge in [-0.2, -0.15) is 0 Å². The molecule has 0 unspecified atom stereocenters. The largest absolute Gasteiger partial charge is 0.478 e. The molecule has 84 valence electrons. The van der Waals surface area contributed by atoms with Gasteiger partial charge in [0.1, 0.15) is 0 Å². The number of nitrogen functional groups attached to an aromatic ring is 1. The Bertz CT molecular complexity index is 296. The van der Waals surface area contributed by atoms with Crippen LogP contribution in [-0.2, 0) is 4.74 Å². The highest BCUT2D eigenvalue weighted by atomic mass is 16.5. The predicted molar refractivity (Wildman–Crippen MR) is 59.8 cm³/mol. The summed E-state index contributed by atoms with van der Waals surface area (Å²) < 4.78 is 10.7. The zero-order chi connectivity index (χ0) is 11.3. The number of aromatic nitrogens is 1. The minimum atomic E-state index is -0.159. The Hall–Kier alpha value is -1.29. The van der Waals surface area contributed by atoms with Crippen LogP contribution in [0.5, 0.6) is 5.88 Å². The van der Waals surface area contributed by atoms with Crippen LogP contribution in [0.2, 0.25) is 0 Å². The molecule has 0 amide bonds. The third kappa shape index (κ3) is 4.16. The van der Waals surface area contributed by atoms with Crippen molar-refractivity contribution in [3.8, 4) is 5.88 Å². The molecule has 0 spiro atoms.